The Bertz CT molecular complexity index is 489. The van der Waals surface area contributed by atoms with Crippen molar-refractivity contribution in [2.45, 2.75) is 24.3 Å². The molecule has 20 heavy (non-hydrogen) atoms. The van der Waals surface area contributed by atoms with Gasteiger partial charge in [-0.15, -0.1) is 0 Å². The van der Waals surface area contributed by atoms with Crippen LogP contribution in [0, 0.1) is 5.92 Å². The molecule has 0 saturated carbocycles. The Kier molecular flexibility index (Phi) is 4.36. The molecule has 0 spiro atoms. The zero-order chi connectivity index (χ0) is 14.9. The van der Waals surface area contributed by atoms with Crippen LogP contribution < -0.4 is 0 Å². The van der Waals surface area contributed by atoms with Crippen LogP contribution in [0.5, 0.6) is 0 Å². The van der Waals surface area contributed by atoms with Gasteiger partial charge in [0.2, 0.25) is 0 Å². The molecule has 1 aromatic rings. The number of alkyl halides is 4. The van der Waals surface area contributed by atoms with Gasteiger partial charge in [0.1, 0.15) is 5.69 Å². The lowest BCUT2D eigenvalue weighted by atomic mass is 9.99. The number of piperidine rings is 1. The van der Waals surface area contributed by atoms with Gasteiger partial charge in [-0.2, -0.15) is 13.2 Å². The van der Waals surface area contributed by atoms with E-state index in [9.17, 15) is 18.0 Å². The number of carbonyl (C=O) groups excluding carboxylic acids is 1. The summed E-state index contributed by atoms with van der Waals surface area (Å²) in [5.41, 5.74) is -0.799. The van der Waals surface area contributed by atoms with Gasteiger partial charge in [-0.25, -0.2) is 0 Å². The normalized spacial score (nSPS) is 23.8. The van der Waals surface area contributed by atoms with Crippen molar-refractivity contribution in [2.75, 3.05) is 13.1 Å². The maximum absolute atomic E-state index is 12.4. The number of halogens is 4. The minimum Gasteiger partial charge on any atom is -0.336 e. The average molecular weight is 351 g/mol. The summed E-state index contributed by atoms with van der Waals surface area (Å²) in [5, 5.41) is 0. The van der Waals surface area contributed by atoms with Crippen LogP contribution in [-0.4, -0.2) is 33.7 Å². The largest absolute Gasteiger partial charge is 0.417 e. The molecule has 0 aliphatic carbocycles. The first-order valence-electron chi connectivity index (χ1n) is 6.25. The molecule has 1 saturated heterocycles. The summed E-state index contributed by atoms with van der Waals surface area (Å²) >= 11 is 3.51. The van der Waals surface area contributed by atoms with Gasteiger partial charge in [-0.3, -0.25) is 9.78 Å². The lowest BCUT2D eigenvalue weighted by Crippen LogP contribution is -2.43. The van der Waals surface area contributed by atoms with E-state index in [1.165, 1.54) is 0 Å². The summed E-state index contributed by atoms with van der Waals surface area (Å²) < 4.78 is 37.3. The van der Waals surface area contributed by atoms with Gasteiger partial charge in [0, 0.05) is 24.1 Å². The molecule has 3 nitrogen and oxygen atoms in total. The molecular weight excluding hydrogens is 337 g/mol. The van der Waals surface area contributed by atoms with Crippen LogP contribution in [0.3, 0.4) is 0 Å². The van der Waals surface area contributed by atoms with Crippen molar-refractivity contribution in [1.29, 1.82) is 0 Å². The van der Waals surface area contributed by atoms with E-state index in [1.54, 1.807) is 4.90 Å². The second-order valence-corrected chi connectivity index (χ2v) is 6.14. The zero-order valence-electron chi connectivity index (χ0n) is 10.8. The van der Waals surface area contributed by atoms with Crippen molar-refractivity contribution in [2.24, 2.45) is 5.92 Å². The van der Waals surface area contributed by atoms with Crippen LogP contribution in [-0.2, 0) is 6.18 Å². The van der Waals surface area contributed by atoms with Gasteiger partial charge >= 0.3 is 6.18 Å². The first-order chi connectivity index (χ1) is 9.29. The van der Waals surface area contributed by atoms with Crippen LogP contribution >= 0.6 is 15.9 Å². The molecule has 7 heteroatoms. The van der Waals surface area contributed by atoms with E-state index < -0.39 is 11.7 Å². The molecule has 0 bridgehead atoms. The van der Waals surface area contributed by atoms with Gasteiger partial charge in [0.25, 0.3) is 5.91 Å². The Morgan fingerprint density at radius 3 is 2.65 bits per heavy atom. The molecule has 1 fully saturated rings. The second-order valence-electron chi connectivity index (χ2n) is 4.96. The number of hydrogen-bond acceptors (Lipinski definition) is 2. The fourth-order valence-electron chi connectivity index (χ4n) is 2.06. The molecule has 2 heterocycles. The van der Waals surface area contributed by atoms with E-state index in [1.807, 2.05) is 0 Å². The predicted molar refractivity (Wildman–Crippen MR) is 71.6 cm³/mol. The first kappa shape index (κ1) is 15.3. The number of amides is 1. The summed E-state index contributed by atoms with van der Waals surface area (Å²) in [6.07, 6.45) is -2.87. The van der Waals surface area contributed by atoms with Crippen LogP contribution in [0.1, 0.15) is 29.4 Å². The maximum Gasteiger partial charge on any atom is 0.417 e. The number of likely N-dealkylation sites (tertiary alicyclic amines) is 1. The number of aromatic nitrogens is 1. The van der Waals surface area contributed by atoms with E-state index >= 15 is 0 Å². The summed E-state index contributed by atoms with van der Waals surface area (Å²) in [7, 11) is 0. The molecule has 2 atom stereocenters. The molecule has 110 valence electrons. The van der Waals surface area contributed by atoms with E-state index in [0.29, 0.717) is 25.2 Å². The van der Waals surface area contributed by atoms with Crippen LogP contribution in [0.15, 0.2) is 18.3 Å². The highest BCUT2D eigenvalue weighted by Gasteiger charge is 2.32. The molecule has 2 unspecified atom stereocenters. The Balaban J connectivity index is 2.10. The summed E-state index contributed by atoms with van der Waals surface area (Å²) in [4.78, 5) is 17.6. The van der Waals surface area contributed by atoms with Crippen molar-refractivity contribution in [3.05, 3.63) is 29.6 Å². The standard InChI is InChI=1S/C13H14BrF3N2O/c1-8-4-5-19(7-10(8)14)12(20)11-3-2-9(6-18-11)13(15,16)17/h2-3,6,8,10H,4-5,7H2,1H3. The number of nitrogens with zero attached hydrogens (tertiary/aromatic N) is 2. The van der Waals surface area contributed by atoms with E-state index in [2.05, 4.69) is 27.8 Å². The number of pyridine rings is 1. The van der Waals surface area contributed by atoms with Gasteiger partial charge in [0.05, 0.1) is 5.56 Å². The Morgan fingerprint density at radius 1 is 1.45 bits per heavy atom. The summed E-state index contributed by atoms with van der Waals surface area (Å²) in [6.45, 7) is 3.24. The minimum atomic E-state index is -4.43. The summed E-state index contributed by atoms with van der Waals surface area (Å²) in [5.74, 6) is 0.148. The number of rotatable bonds is 1. The molecule has 2 rings (SSSR count). The SMILES string of the molecule is CC1CCN(C(=O)c2ccc(C(F)(F)F)cn2)CC1Br. The highest BCUT2D eigenvalue weighted by Crippen LogP contribution is 2.29. The fraction of sp³-hybridized carbons (Fsp3) is 0.538. The second kappa shape index (κ2) is 5.71. The van der Waals surface area contributed by atoms with Crippen molar-refractivity contribution in [3.63, 3.8) is 0 Å². The lowest BCUT2D eigenvalue weighted by Gasteiger charge is -2.34. The van der Waals surface area contributed by atoms with Crippen LogP contribution in [0.4, 0.5) is 13.2 Å². The van der Waals surface area contributed by atoms with Gasteiger partial charge < -0.3 is 4.90 Å². The predicted octanol–water partition coefficient (Wildman–Crippen LogP) is 3.35. The van der Waals surface area contributed by atoms with Crippen LogP contribution in [0.2, 0.25) is 0 Å². The average Bonchev–Trinajstić information content (AvgIpc) is 2.40. The summed E-state index contributed by atoms with van der Waals surface area (Å²) in [6, 6.07) is 2.02. The monoisotopic (exact) mass is 350 g/mol. The molecule has 1 aliphatic rings. The van der Waals surface area contributed by atoms with Gasteiger partial charge in [-0.1, -0.05) is 22.9 Å². The smallest absolute Gasteiger partial charge is 0.336 e. The van der Waals surface area contributed by atoms with Crippen molar-refractivity contribution >= 4 is 21.8 Å². The Morgan fingerprint density at radius 2 is 2.15 bits per heavy atom. The van der Waals surface area contributed by atoms with Crippen molar-refractivity contribution < 1.29 is 18.0 Å². The fourth-order valence-corrected chi connectivity index (χ4v) is 2.67. The maximum atomic E-state index is 12.4. The van der Waals surface area contributed by atoms with E-state index in [0.717, 1.165) is 18.6 Å². The van der Waals surface area contributed by atoms with Gasteiger partial charge in [0.15, 0.2) is 0 Å². The number of carbonyl (C=O) groups is 1. The highest BCUT2D eigenvalue weighted by atomic mass is 79.9. The van der Waals surface area contributed by atoms with E-state index in [-0.39, 0.29) is 16.4 Å². The third-order valence-electron chi connectivity index (χ3n) is 3.46. The zero-order valence-corrected chi connectivity index (χ0v) is 12.4. The molecule has 1 aliphatic heterocycles. The molecule has 1 aromatic heterocycles. The van der Waals surface area contributed by atoms with Crippen molar-refractivity contribution in [1.82, 2.24) is 9.88 Å². The quantitative estimate of drug-likeness (QED) is 0.727. The van der Waals surface area contributed by atoms with Crippen molar-refractivity contribution in [3.8, 4) is 0 Å². The van der Waals surface area contributed by atoms with Crippen LogP contribution in [0.25, 0.3) is 0 Å². The molecular formula is C13H14BrF3N2O. The molecule has 0 radical (unpaired) electrons. The topological polar surface area (TPSA) is 33.2 Å². The third kappa shape index (κ3) is 3.31. The molecule has 1 amide bonds. The third-order valence-corrected chi connectivity index (χ3v) is 4.66. The molecule has 0 aromatic carbocycles. The number of hydrogen-bond donors (Lipinski definition) is 0. The van der Waals surface area contributed by atoms with E-state index in [4.69, 9.17) is 0 Å². The lowest BCUT2D eigenvalue weighted by molar-refractivity contribution is -0.137. The Labute approximate surface area is 123 Å². The highest BCUT2D eigenvalue weighted by molar-refractivity contribution is 9.09. The first-order valence-corrected chi connectivity index (χ1v) is 7.17. The Hall–Kier alpha value is -1.11. The van der Waals surface area contributed by atoms with Gasteiger partial charge in [-0.05, 0) is 24.5 Å². The minimum absolute atomic E-state index is 0.0484. The molecule has 0 N–H and O–H groups in total.